The number of carbonyl (C=O) groups is 1. The fourth-order valence-corrected chi connectivity index (χ4v) is 5.33. The number of anilines is 2. The predicted octanol–water partition coefficient (Wildman–Crippen LogP) is 5.74. The van der Waals surface area contributed by atoms with E-state index in [1.54, 1.807) is 26.0 Å². The third kappa shape index (κ3) is 5.04. The summed E-state index contributed by atoms with van der Waals surface area (Å²) in [7, 11) is 3.37. The third-order valence-electron chi connectivity index (χ3n) is 6.18. The van der Waals surface area contributed by atoms with Gasteiger partial charge in [0, 0.05) is 36.5 Å². The first kappa shape index (κ1) is 23.3. The van der Waals surface area contributed by atoms with Crippen LogP contribution in [0.25, 0.3) is 0 Å². The Hall–Kier alpha value is -2.90. The molecule has 0 bridgehead atoms. The van der Waals surface area contributed by atoms with E-state index in [-0.39, 0.29) is 11.9 Å². The Bertz CT molecular complexity index is 1100. The summed E-state index contributed by atoms with van der Waals surface area (Å²) < 4.78 is 11.0. The monoisotopic (exact) mass is 465 g/mol. The maximum absolute atomic E-state index is 12.5. The van der Waals surface area contributed by atoms with Crippen molar-refractivity contribution in [3.8, 4) is 11.5 Å². The summed E-state index contributed by atoms with van der Waals surface area (Å²) in [5.41, 5.74) is 4.25. The lowest BCUT2D eigenvalue weighted by atomic mass is 10.0. The lowest BCUT2D eigenvalue weighted by molar-refractivity contribution is -0.115. The lowest BCUT2D eigenvalue weighted by Gasteiger charge is -2.25. The van der Waals surface area contributed by atoms with E-state index >= 15 is 0 Å². The van der Waals surface area contributed by atoms with Crippen LogP contribution in [0.15, 0.2) is 47.8 Å². The number of nitrogens with zero attached hydrogens (tertiary/aromatic N) is 3. The molecule has 3 aromatic rings. The normalized spacial score (nSPS) is 16.1. The van der Waals surface area contributed by atoms with Crippen LogP contribution in [0.4, 0.5) is 10.8 Å². The summed E-state index contributed by atoms with van der Waals surface area (Å²) in [6.45, 7) is 5.44. The summed E-state index contributed by atoms with van der Waals surface area (Å²) in [6.07, 6.45) is 3.17. The minimum absolute atomic E-state index is 0.0397. The van der Waals surface area contributed by atoms with Gasteiger partial charge in [-0.2, -0.15) is 0 Å². The summed E-state index contributed by atoms with van der Waals surface area (Å²) in [4.78, 5) is 21.5. The molecule has 0 aliphatic carbocycles. The SMILES string of the molecule is CCc1ccc(N(C(C)=O)c2nc(CN3CCC[C@H]3c3ccc(OC)cc3OC)cs2)cc1. The minimum atomic E-state index is -0.0397. The molecular formula is C26H31N3O3S. The van der Waals surface area contributed by atoms with E-state index in [4.69, 9.17) is 14.5 Å². The highest BCUT2D eigenvalue weighted by molar-refractivity contribution is 7.14. The number of likely N-dealkylation sites (tertiary alicyclic amines) is 1. The van der Waals surface area contributed by atoms with E-state index in [1.165, 1.54) is 22.5 Å². The largest absolute Gasteiger partial charge is 0.497 e. The van der Waals surface area contributed by atoms with Gasteiger partial charge in [-0.3, -0.25) is 14.6 Å². The number of carbonyl (C=O) groups excluding carboxylic acids is 1. The second kappa shape index (κ2) is 10.4. The van der Waals surface area contributed by atoms with Gasteiger partial charge in [-0.05, 0) is 49.6 Å². The molecule has 1 saturated heterocycles. The van der Waals surface area contributed by atoms with Crippen LogP contribution in [-0.4, -0.2) is 36.6 Å². The van der Waals surface area contributed by atoms with Crippen LogP contribution < -0.4 is 14.4 Å². The second-order valence-electron chi connectivity index (χ2n) is 8.23. The quantitative estimate of drug-likeness (QED) is 0.424. The smallest absolute Gasteiger partial charge is 0.230 e. The molecule has 1 aliphatic rings. The first-order valence-electron chi connectivity index (χ1n) is 11.3. The molecule has 0 spiro atoms. The van der Waals surface area contributed by atoms with Gasteiger partial charge in [0.2, 0.25) is 5.91 Å². The zero-order valence-corrected chi connectivity index (χ0v) is 20.5. The Balaban J connectivity index is 1.54. The first-order chi connectivity index (χ1) is 16.0. The van der Waals surface area contributed by atoms with Gasteiger partial charge in [0.25, 0.3) is 0 Å². The van der Waals surface area contributed by atoms with Crippen molar-refractivity contribution in [1.29, 1.82) is 0 Å². The number of ether oxygens (including phenoxy) is 2. The van der Waals surface area contributed by atoms with Gasteiger partial charge in [-0.15, -0.1) is 11.3 Å². The number of methoxy groups -OCH3 is 2. The Morgan fingerprint density at radius 3 is 2.64 bits per heavy atom. The fraction of sp³-hybridized carbons (Fsp3) is 0.385. The molecule has 0 N–H and O–H groups in total. The lowest BCUT2D eigenvalue weighted by Crippen LogP contribution is -2.24. The Kier molecular flexibility index (Phi) is 7.30. The fourth-order valence-electron chi connectivity index (χ4n) is 4.45. The number of hydrogen-bond donors (Lipinski definition) is 0. The Morgan fingerprint density at radius 2 is 1.97 bits per heavy atom. The minimum Gasteiger partial charge on any atom is -0.497 e. The Labute approximate surface area is 199 Å². The van der Waals surface area contributed by atoms with Crippen LogP contribution in [0, 0.1) is 0 Å². The number of amides is 1. The topological polar surface area (TPSA) is 54.9 Å². The molecule has 2 heterocycles. The van der Waals surface area contributed by atoms with Crippen LogP contribution in [0.3, 0.4) is 0 Å². The highest BCUT2D eigenvalue weighted by atomic mass is 32.1. The van der Waals surface area contributed by atoms with Crippen molar-refractivity contribution in [2.24, 2.45) is 0 Å². The van der Waals surface area contributed by atoms with Gasteiger partial charge in [0.15, 0.2) is 5.13 Å². The van der Waals surface area contributed by atoms with Gasteiger partial charge in [-0.1, -0.05) is 25.1 Å². The molecule has 1 atom stereocenters. The van der Waals surface area contributed by atoms with Gasteiger partial charge >= 0.3 is 0 Å². The molecular weight excluding hydrogens is 434 g/mol. The molecule has 0 saturated carbocycles. The number of benzene rings is 2. The number of rotatable bonds is 8. The van der Waals surface area contributed by atoms with Crippen molar-refractivity contribution in [3.05, 3.63) is 64.7 Å². The first-order valence-corrected chi connectivity index (χ1v) is 12.2. The maximum Gasteiger partial charge on any atom is 0.230 e. The second-order valence-corrected chi connectivity index (χ2v) is 9.07. The molecule has 4 rings (SSSR count). The van der Waals surface area contributed by atoms with E-state index < -0.39 is 0 Å². The highest BCUT2D eigenvalue weighted by Gasteiger charge is 2.29. The van der Waals surface area contributed by atoms with E-state index in [9.17, 15) is 4.79 Å². The standard InChI is InChI=1S/C26H31N3O3S/c1-5-19-8-10-21(11-9-19)29(18(2)30)26-27-20(17-33-26)16-28-14-6-7-24(28)23-13-12-22(31-3)15-25(23)32-4/h8-13,15,17,24H,5-7,14,16H2,1-4H3/t24-/m0/s1. The highest BCUT2D eigenvalue weighted by Crippen LogP contribution is 2.40. The molecule has 2 aromatic carbocycles. The third-order valence-corrected chi connectivity index (χ3v) is 7.05. The van der Waals surface area contributed by atoms with Crippen LogP contribution >= 0.6 is 11.3 Å². The molecule has 0 radical (unpaired) electrons. The van der Waals surface area contributed by atoms with Gasteiger partial charge in [0.1, 0.15) is 11.5 Å². The molecule has 6 nitrogen and oxygen atoms in total. The molecule has 1 fully saturated rings. The van der Waals surface area contributed by atoms with Crippen LogP contribution in [-0.2, 0) is 17.8 Å². The number of aryl methyl sites for hydroxylation is 1. The molecule has 7 heteroatoms. The summed E-state index contributed by atoms with van der Waals surface area (Å²) in [6, 6.07) is 14.4. The van der Waals surface area contributed by atoms with Crippen molar-refractivity contribution in [3.63, 3.8) is 0 Å². The predicted molar refractivity (Wildman–Crippen MR) is 133 cm³/mol. The van der Waals surface area contributed by atoms with Crippen LogP contribution in [0.5, 0.6) is 11.5 Å². The van der Waals surface area contributed by atoms with Crippen LogP contribution in [0.2, 0.25) is 0 Å². The number of hydrogen-bond acceptors (Lipinski definition) is 6. The Morgan fingerprint density at radius 1 is 1.18 bits per heavy atom. The molecule has 1 amide bonds. The zero-order valence-electron chi connectivity index (χ0n) is 19.7. The summed E-state index contributed by atoms with van der Waals surface area (Å²) in [5.74, 6) is 1.60. The van der Waals surface area contributed by atoms with E-state index in [1.807, 2.05) is 24.3 Å². The summed E-state index contributed by atoms with van der Waals surface area (Å²) in [5, 5.41) is 2.77. The summed E-state index contributed by atoms with van der Waals surface area (Å²) >= 11 is 1.51. The van der Waals surface area contributed by atoms with Crippen molar-refractivity contribution >= 4 is 28.1 Å². The van der Waals surface area contributed by atoms with E-state index in [0.29, 0.717) is 5.13 Å². The number of aromatic nitrogens is 1. The average molecular weight is 466 g/mol. The zero-order chi connectivity index (χ0) is 23.4. The van der Waals surface area contributed by atoms with Gasteiger partial charge in [-0.25, -0.2) is 4.98 Å². The van der Waals surface area contributed by atoms with Gasteiger partial charge < -0.3 is 9.47 Å². The molecule has 174 valence electrons. The van der Waals surface area contributed by atoms with E-state index in [2.05, 4.69) is 35.4 Å². The molecule has 1 aliphatic heterocycles. The van der Waals surface area contributed by atoms with Crippen LogP contribution in [0.1, 0.15) is 49.6 Å². The van der Waals surface area contributed by atoms with Crippen molar-refractivity contribution in [2.45, 2.75) is 45.7 Å². The maximum atomic E-state index is 12.5. The van der Waals surface area contributed by atoms with E-state index in [0.717, 1.165) is 55.2 Å². The number of thiazole rings is 1. The molecule has 33 heavy (non-hydrogen) atoms. The molecule has 0 unspecified atom stereocenters. The van der Waals surface area contributed by atoms with Crippen molar-refractivity contribution in [2.75, 3.05) is 25.7 Å². The van der Waals surface area contributed by atoms with Crippen molar-refractivity contribution in [1.82, 2.24) is 9.88 Å². The van der Waals surface area contributed by atoms with Crippen molar-refractivity contribution < 1.29 is 14.3 Å². The average Bonchev–Trinajstić information content (AvgIpc) is 3.49. The van der Waals surface area contributed by atoms with Gasteiger partial charge in [0.05, 0.1) is 25.6 Å². The molecule has 1 aromatic heterocycles.